The van der Waals surface area contributed by atoms with Gasteiger partial charge in [-0.2, -0.15) is 0 Å². The minimum Gasteiger partial charge on any atom is -0.481 e. The van der Waals surface area contributed by atoms with Crippen molar-refractivity contribution in [2.75, 3.05) is 5.32 Å². The molecule has 0 aromatic heterocycles. The lowest BCUT2D eigenvalue weighted by atomic mass is 10.0. The monoisotopic (exact) mass is 315 g/mol. The van der Waals surface area contributed by atoms with Crippen LogP contribution in [-0.4, -0.2) is 22.8 Å². The molecule has 0 radical (unpaired) electrons. The van der Waals surface area contributed by atoms with Gasteiger partial charge in [0.05, 0.1) is 0 Å². The second-order valence-electron chi connectivity index (χ2n) is 5.93. The van der Waals surface area contributed by atoms with Crippen molar-refractivity contribution in [1.82, 2.24) is 0 Å². The van der Waals surface area contributed by atoms with Crippen LogP contribution in [0.4, 0.5) is 19.3 Å². The zero-order chi connectivity index (χ0) is 17.1. The Morgan fingerprint density at radius 2 is 1.86 bits per heavy atom. The van der Waals surface area contributed by atoms with E-state index in [0.29, 0.717) is 11.3 Å². The molecular weight excluding hydrogens is 296 g/mol. The van der Waals surface area contributed by atoms with E-state index < -0.39 is 35.6 Å². The fraction of sp³-hybridized carbons (Fsp3) is 0.467. The summed E-state index contributed by atoms with van der Waals surface area (Å²) in [6.45, 7) is 6.64. The minimum absolute atomic E-state index is 0.323. The van der Waals surface area contributed by atoms with Crippen LogP contribution in [0.3, 0.4) is 0 Å². The molecule has 0 unspecified atom stereocenters. The molecule has 0 saturated heterocycles. The van der Waals surface area contributed by atoms with Crippen molar-refractivity contribution in [3.8, 4) is 0 Å². The smallest absolute Gasteiger partial charge is 0.412 e. The van der Waals surface area contributed by atoms with Crippen LogP contribution in [0.25, 0.3) is 0 Å². The number of ether oxygens (including phenoxy) is 1. The fourth-order valence-corrected chi connectivity index (χ4v) is 1.74. The Morgan fingerprint density at radius 3 is 2.32 bits per heavy atom. The van der Waals surface area contributed by atoms with E-state index in [1.165, 1.54) is 13.0 Å². The Balaban J connectivity index is 2.91. The van der Waals surface area contributed by atoms with Crippen molar-refractivity contribution in [2.24, 2.45) is 0 Å². The van der Waals surface area contributed by atoms with Crippen molar-refractivity contribution in [3.63, 3.8) is 0 Å². The molecule has 0 bridgehead atoms. The number of hydrogen-bond acceptors (Lipinski definition) is 3. The average molecular weight is 315 g/mol. The van der Waals surface area contributed by atoms with Crippen molar-refractivity contribution >= 4 is 17.7 Å². The highest BCUT2D eigenvalue weighted by Crippen LogP contribution is 2.33. The Hall–Kier alpha value is -2.18. The molecule has 0 aliphatic rings. The number of halogens is 2. The SMILES string of the molecule is Cc1cc(C(F)(F)CC(=O)O)ccc1NC(=O)OC(C)(C)C. The van der Waals surface area contributed by atoms with Crippen LogP contribution in [0, 0.1) is 6.92 Å². The Morgan fingerprint density at radius 1 is 1.27 bits per heavy atom. The number of benzene rings is 1. The number of carbonyl (C=O) groups excluding carboxylic acids is 1. The highest BCUT2D eigenvalue weighted by Gasteiger charge is 2.34. The molecule has 1 amide bonds. The highest BCUT2D eigenvalue weighted by atomic mass is 19.3. The highest BCUT2D eigenvalue weighted by molar-refractivity contribution is 5.86. The number of aliphatic carboxylic acids is 1. The maximum Gasteiger partial charge on any atom is 0.412 e. The van der Waals surface area contributed by atoms with Crippen molar-refractivity contribution in [2.45, 2.75) is 45.6 Å². The minimum atomic E-state index is -3.47. The molecule has 5 nitrogen and oxygen atoms in total. The number of carboxylic acid groups (broad SMARTS) is 1. The van der Waals surface area contributed by atoms with Crippen LogP contribution in [-0.2, 0) is 15.5 Å². The Kier molecular flexibility index (Phi) is 5.11. The number of aryl methyl sites for hydroxylation is 1. The van der Waals surface area contributed by atoms with Crippen LogP contribution >= 0.6 is 0 Å². The quantitative estimate of drug-likeness (QED) is 0.883. The number of hydrogen-bond donors (Lipinski definition) is 2. The number of anilines is 1. The number of rotatable bonds is 4. The first kappa shape index (κ1) is 17.9. The first-order chi connectivity index (χ1) is 9.90. The van der Waals surface area contributed by atoms with Gasteiger partial charge in [0.1, 0.15) is 12.0 Å². The number of amides is 1. The van der Waals surface area contributed by atoms with Gasteiger partial charge in [0.15, 0.2) is 0 Å². The van der Waals surface area contributed by atoms with Crippen LogP contribution in [0.15, 0.2) is 18.2 Å². The summed E-state index contributed by atoms with van der Waals surface area (Å²) in [4.78, 5) is 22.1. The van der Waals surface area contributed by atoms with Gasteiger partial charge in [-0.05, 0) is 45.4 Å². The molecule has 22 heavy (non-hydrogen) atoms. The Labute approximate surface area is 127 Å². The van der Waals surface area contributed by atoms with E-state index in [1.807, 2.05) is 0 Å². The first-order valence-electron chi connectivity index (χ1n) is 6.61. The third-order valence-electron chi connectivity index (χ3n) is 2.66. The number of nitrogens with one attached hydrogen (secondary N) is 1. The predicted molar refractivity (Wildman–Crippen MR) is 77.2 cm³/mol. The van der Waals surface area contributed by atoms with Gasteiger partial charge in [0, 0.05) is 11.3 Å². The summed E-state index contributed by atoms with van der Waals surface area (Å²) in [5.74, 6) is -5.06. The van der Waals surface area contributed by atoms with Gasteiger partial charge in [-0.15, -0.1) is 0 Å². The summed E-state index contributed by atoms with van der Waals surface area (Å²) in [7, 11) is 0. The predicted octanol–water partition coefficient (Wildman–Crippen LogP) is 3.91. The zero-order valence-corrected chi connectivity index (χ0v) is 12.9. The van der Waals surface area contributed by atoms with E-state index in [4.69, 9.17) is 9.84 Å². The molecule has 0 spiro atoms. The van der Waals surface area contributed by atoms with E-state index in [-0.39, 0.29) is 0 Å². The van der Waals surface area contributed by atoms with Gasteiger partial charge in [-0.3, -0.25) is 10.1 Å². The summed E-state index contributed by atoms with van der Waals surface area (Å²) >= 11 is 0. The van der Waals surface area contributed by atoms with Gasteiger partial charge in [0.25, 0.3) is 5.92 Å². The summed E-state index contributed by atoms with van der Waals surface area (Å²) in [5, 5.41) is 11.0. The summed E-state index contributed by atoms with van der Waals surface area (Å²) in [5.41, 5.74) is -0.383. The van der Waals surface area contributed by atoms with Crippen molar-refractivity contribution in [1.29, 1.82) is 0 Å². The molecule has 0 fully saturated rings. The molecule has 2 N–H and O–H groups in total. The lowest BCUT2D eigenvalue weighted by molar-refractivity contribution is -0.145. The number of carboxylic acids is 1. The van der Waals surface area contributed by atoms with Crippen LogP contribution in [0.5, 0.6) is 0 Å². The molecule has 0 saturated carbocycles. The molecule has 0 heterocycles. The summed E-state index contributed by atoms with van der Waals surface area (Å²) in [6, 6.07) is 3.53. The molecular formula is C15H19F2NO4. The maximum atomic E-state index is 13.7. The van der Waals surface area contributed by atoms with E-state index >= 15 is 0 Å². The van der Waals surface area contributed by atoms with Gasteiger partial charge < -0.3 is 9.84 Å². The summed E-state index contributed by atoms with van der Waals surface area (Å²) < 4.78 is 32.5. The second-order valence-corrected chi connectivity index (χ2v) is 5.93. The van der Waals surface area contributed by atoms with Gasteiger partial charge in [0.2, 0.25) is 0 Å². The standard InChI is InChI=1S/C15H19F2NO4/c1-9-7-10(15(16,17)8-12(19)20)5-6-11(9)18-13(21)22-14(2,3)4/h5-7H,8H2,1-4H3,(H,18,21)(H,19,20). The van der Waals surface area contributed by atoms with E-state index in [9.17, 15) is 18.4 Å². The average Bonchev–Trinajstić information content (AvgIpc) is 2.27. The molecule has 1 aromatic rings. The normalized spacial score (nSPS) is 11.9. The van der Waals surface area contributed by atoms with Crippen LogP contribution < -0.4 is 5.32 Å². The van der Waals surface area contributed by atoms with Crippen LogP contribution in [0.2, 0.25) is 0 Å². The van der Waals surface area contributed by atoms with Crippen molar-refractivity contribution < 1.29 is 28.2 Å². The topological polar surface area (TPSA) is 75.6 Å². The van der Waals surface area contributed by atoms with E-state index in [1.54, 1.807) is 20.8 Å². The zero-order valence-electron chi connectivity index (χ0n) is 12.9. The Bertz CT molecular complexity index is 579. The van der Waals surface area contributed by atoms with Gasteiger partial charge in [-0.1, -0.05) is 6.07 Å². The van der Waals surface area contributed by atoms with Gasteiger partial charge in [-0.25, -0.2) is 13.6 Å². The lowest BCUT2D eigenvalue weighted by Crippen LogP contribution is -2.27. The molecule has 0 aliphatic carbocycles. The van der Waals surface area contributed by atoms with Crippen molar-refractivity contribution in [3.05, 3.63) is 29.3 Å². The molecule has 7 heteroatoms. The second kappa shape index (κ2) is 6.29. The third kappa shape index (κ3) is 5.31. The van der Waals surface area contributed by atoms with E-state index in [0.717, 1.165) is 12.1 Å². The molecule has 1 rings (SSSR count). The molecule has 0 atom stereocenters. The van der Waals surface area contributed by atoms with E-state index in [2.05, 4.69) is 5.32 Å². The maximum absolute atomic E-state index is 13.7. The molecule has 1 aromatic carbocycles. The molecule has 122 valence electrons. The largest absolute Gasteiger partial charge is 0.481 e. The summed E-state index contributed by atoms with van der Waals surface area (Å²) in [6.07, 6.45) is -1.98. The fourth-order valence-electron chi connectivity index (χ4n) is 1.74. The molecule has 0 aliphatic heterocycles. The first-order valence-corrected chi connectivity index (χ1v) is 6.61. The number of alkyl halides is 2. The van der Waals surface area contributed by atoms with Crippen LogP contribution in [0.1, 0.15) is 38.3 Å². The number of carbonyl (C=O) groups is 2. The van der Waals surface area contributed by atoms with Gasteiger partial charge >= 0.3 is 12.1 Å². The lowest BCUT2D eigenvalue weighted by Gasteiger charge is -2.21. The third-order valence-corrected chi connectivity index (χ3v) is 2.66.